The van der Waals surface area contributed by atoms with E-state index in [9.17, 15) is 10.1 Å². The van der Waals surface area contributed by atoms with Crippen LogP contribution >= 0.6 is 0 Å². The van der Waals surface area contributed by atoms with E-state index < -0.39 is 0 Å². The molecule has 98 valence electrons. The van der Waals surface area contributed by atoms with Crippen molar-refractivity contribution in [1.29, 1.82) is 0 Å². The van der Waals surface area contributed by atoms with E-state index >= 15 is 0 Å². The minimum Gasteiger partial charge on any atom is -0.385 e. The maximum absolute atomic E-state index is 10.7. The molecule has 1 aliphatic heterocycles. The van der Waals surface area contributed by atoms with E-state index in [2.05, 4.69) is 10.6 Å². The number of hydrogen-bond donors (Lipinski definition) is 2. The van der Waals surface area contributed by atoms with Crippen LogP contribution in [-0.4, -0.2) is 24.1 Å². The van der Waals surface area contributed by atoms with Gasteiger partial charge in [-0.3, -0.25) is 10.1 Å². The molecule has 0 radical (unpaired) electrons. The molecular weight excluding hydrogens is 230 g/mol. The Balaban J connectivity index is 1.85. The second-order valence-corrected chi connectivity index (χ2v) is 4.77. The van der Waals surface area contributed by atoms with Crippen LogP contribution in [0.2, 0.25) is 0 Å². The van der Waals surface area contributed by atoms with Crippen molar-refractivity contribution in [2.45, 2.75) is 32.2 Å². The van der Waals surface area contributed by atoms with Crippen LogP contribution in [0.5, 0.6) is 0 Å². The van der Waals surface area contributed by atoms with Gasteiger partial charge in [-0.15, -0.1) is 0 Å². The molecule has 1 aromatic rings. The summed E-state index contributed by atoms with van der Waals surface area (Å²) in [6.07, 6.45) is 3.61. The van der Waals surface area contributed by atoms with Crippen molar-refractivity contribution < 1.29 is 4.92 Å². The average molecular weight is 249 g/mol. The summed E-state index contributed by atoms with van der Waals surface area (Å²) >= 11 is 0. The Morgan fingerprint density at radius 2 is 2.39 bits per heavy atom. The summed E-state index contributed by atoms with van der Waals surface area (Å²) in [5.74, 6) is 0. The second kappa shape index (κ2) is 5.82. The van der Waals surface area contributed by atoms with Gasteiger partial charge in [-0.05, 0) is 44.9 Å². The number of aryl methyl sites for hydroxylation is 1. The normalized spacial score (nSPS) is 18.8. The predicted molar refractivity (Wildman–Crippen MR) is 72.0 cm³/mol. The van der Waals surface area contributed by atoms with E-state index in [-0.39, 0.29) is 10.6 Å². The van der Waals surface area contributed by atoms with Crippen molar-refractivity contribution in [2.75, 3.05) is 18.4 Å². The van der Waals surface area contributed by atoms with E-state index in [4.69, 9.17) is 0 Å². The summed E-state index contributed by atoms with van der Waals surface area (Å²) in [5, 5.41) is 17.5. The van der Waals surface area contributed by atoms with Crippen LogP contribution in [0.3, 0.4) is 0 Å². The van der Waals surface area contributed by atoms with Gasteiger partial charge in [0.25, 0.3) is 5.69 Å². The van der Waals surface area contributed by atoms with Crippen molar-refractivity contribution in [2.24, 2.45) is 0 Å². The summed E-state index contributed by atoms with van der Waals surface area (Å²) < 4.78 is 0. The van der Waals surface area contributed by atoms with Gasteiger partial charge in [-0.25, -0.2) is 0 Å². The molecule has 1 atom stereocenters. The molecule has 2 rings (SSSR count). The fraction of sp³-hybridized carbons (Fsp3) is 0.538. The Hall–Kier alpha value is -1.62. The van der Waals surface area contributed by atoms with Crippen LogP contribution in [0.15, 0.2) is 18.2 Å². The van der Waals surface area contributed by atoms with E-state index in [0.29, 0.717) is 11.6 Å². The molecule has 18 heavy (non-hydrogen) atoms. The lowest BCUT2D eigenvalue weighted by Gasteiger charge is -2.12. The van der Waals surface area contributed by atoms with Gasteiger partial charge in [0, 0.05) is 29.9 Å². The fourth-order valence-electron chi connectivity index (χ4n) is 2.36. The molecule has 5 heteroatoms. The molecule has 0 aromatic heterocycles. The molecule has 0 aliphatic carbocycles. The Kier molecular flexibility index (Phi) is 4.15. The van der Waals surface area contributed by atoms with Gasteiger partial charge in [0.15, 0.2) is 0 Å². The van der Waals surface area contributed by atoms with Gasteiger partial charge >= 0.3 is 0 Å². The average Bonchev–Trinajstić information content (AvgIpc) is 2.81. The summed E-state index contributed by atoms with van der Waals surface area (Å²) in [6, 6.07) is 5.79. The number of nitrogens with one attached hydrogen (secondary N) is 2. The zero-order valence-electron chi connectivity index (χ0n) is 10.6. The van der Waals surface area contributed by atoms with Gasteiger partial charge < -0.3 is 10.6 Å². The third-order valence-corrected chi connectivity index (χ3v) is 3.38. The zero-order valence-corrected chi connectivity index (χ0v) is 10.6. The lowest BCUT2D eigenvalue weighted by Crippen LogP contribution is -2.24. The monoisotopic (exact) mass is 249 g/mol. The summed E-state index contributed by atoms with van der Waals surface area (Å²) in [5.41, 5.74) is 1.83. The lowest BCUT2D eigenvalue weighted by molar-refractivity contribution is -0.385. The van der Waals surface area contributed by atoms with Crippen molar-refractivity contribution in [3.63, 3.8) is 0 Å². The molecule has 1 fully saturated rings. The molecule has 5 nitrogen and oxygen atoms in total. The molecular formula is C13H19N3O2. The number of benzene rings is 1. The SMILES string of the molecule is Cc1cc(NCC[C@@H]2CCCN2)ccc1[N+](=O)[O-]. The minimum atomic E-state index is -0.346. The quantitative estimate of drug-likeness (QED) is 0.621. The molecule has 2 N–H and O–H groups in total. The topological polar surface area (TPSA) is 67.2 Å². The first-order chi connectivity index (χ1) is 8.66. The molecule has 0 unspecified atom stereocenters. The summed E-state index contributed by atoms with van der Waals surface area (Å²) in [7, 11) is 0. The van der Waals surface area contributed by atoms with Crippen LogP contribution in [-0.2, 0) is 0 Å². The third-order valence-electron chi connectivity index (χ3n) is 3.38. The van der Waals surface area contributed by atoms with Crippen molar-refractivity contribution in [3.05, 3.63) is 33.9 Å². The van der Waals surface area contributed by atoms with E-state index in [1.165, 1.54) is 12.8 Å². The Morgan fingerprint density at radius 1 is 1.56 bits per heavy atom. The van der Waals surface area contributed by atoms with E-state index in [0.717, 1.165) is 25.2 Å². The van der Waals surface area contributed by atoms with Crippen LogP contribution in [0.1, 0.15) is 24.8 Å². The number of rotatable bonds is 5. The van der Waals surface area contributed by atoms with Crippen LogP contribution in [0.25, 0.3) is 0 Å². The molecule has 0 amide bonds. The number of nitrogens with zero attached hydrogens (tertiary/aromatic N) is 1. The van der Waals surface area contributed by atoms with Gasteiger partial charge in [0.05, 0.1) is 4.92 Å². The van der Waals surface area contributed by atoms with E-state index in [1.807, 2.05) is 6.07 Å². The highest BCUT2D eigenvalue weighted by atomic mass is 16.6. The van der Waals surface area contributed by atoms with Gasteiger partial charge in [0.1, 0.15) is 0 Å². The van der Waals surface area contributed by atoms with Gasteiger partial charge in [0.2, 0.25) is 0 Å². The first kappa shape index (κ1) is 12.8. The molecule has 0 saturated carbocycles. The Morgan fingerprint density at radius 3 is 3.00 bits per heavy atom. The highest BCUT2D eigenvalue weighted by molar-refractivity contribution is 5.53. The molecule has 1 heterocycles. The number of nitro groups is 1. The van der Waals surface area contributed by atoms with Crippen molar-refractivity contribution in [1.82, 2.24) is 5.32 Å². The zero-order chi connectivity index (χ0) is 13.0. The fourth-order valence-corrected chi connectivity index (χ4v) is 2.36. The Bertz CT molecular complexity index is 428. The highest BCUT2D eigenvalue weighted by Crippen LogP contribution is 2.21. The van der Waals surface area contributed by atoms with Crippen molar-refractivity contribution >= 4 is 11.4 Å². The molecule has 0 spiro atoms. The van der Waals surface area contributed by atoms with Crippen LogP contribution < -0.4 is 10.6 Å². The number of anilines is 1. The minimum absolute atomic E-state index is 0.179. The molecule has 0 bridgehead atoms. The largest absolute Gasteiger partial charge is 0.385 e. The second-order valence-electron chi connectivity index (χ2n) is 4.77. The maximum Gasteiger partial charge on any atom is 0.272 e. The third kappa shape index (κ3) is 3.20. The number of nitro benzene ring substituents is 1. The predicted octanol–water partition coefficient (Wildman–Crippen LogP) is 2.46. The first-order valence-corrected chi connectivity index (χ1v) is 6.39. The molecule has 1 saturated heterocycles. The van der Waals surface area contributed by atoms with Gasteiger partial charge in [-0.2, -0.15) is 0 Å². The van der Waals surface area contributed by atoms with Crippen LogP contribution in [0.4, 0.5) is 11.4 Å². The standard InChI is InChI=1S/C13H19N3O2/c1-10-9-12(4-5-13(10)16(17)18)15-8-6-11-3-2-7-14-11/h4-5,9,11,14-15H,2-3,6-8H2,1H3/t11-/m0/s1. The van der Waals surface area contributed by atoms with Gasteiger partial charge in [-0.1, -0.05) is 0 Å². The lowest BCUT2D eigenvalue weighted by atomic mass is 10.1. The Labute approximate surface area is 107 Å². The maximum atomic E-state index is 10.7. The number of hydrogen-bond acceptors (Lipinski definition) is 4. The molecule has 1 aromatic carbocycles. The summed E-state index contributed by atoms with van der Waals surface area (Å²) in [6.45, 7) is 3.79. The summed E-state index contributed by atoms with van der Waals surface area (Å²) in [4.78, 5) is 10.4. The molecule has 1 aliphatic rings. The smallest absolute Gasteiger partial charge is 0.272 e. The highest BCUT2D eigenvalue weighted by Gasteiger charge is 2.13. The van der Waals surface area contributed by atoms with Crippen molar-refractivity contribution in [3.8, 4) is 0 Å². The van der Waals surface area contributed by atoms with E-state index in [1.54, 1.807) is 19.1 Å². The van der Waals surface area contributed by atoms with Crippen LogP contribution in [0, 0.1) is 17.0 Å². The first-order valence-electron chi connectivity index (χ1n) is 6.39.